The third-order valence-electron chi connectivity index (χ3n) is 4.46. The van der Waals surface area contributed by atoms with Gasteiger partial charge in [0, 0.05) is 13.1 Å². The topological polar surface area (TPSA) is 56.1 Å². The molecule has 1 N–H and O–H groups in total. The number of hydrogen-bond donors (Lipinski definition) is 1. The Balaban J connectivity index is 1.65. The number of carbonyl (C=O) groups is 1. The minimum atomic E-state index is -0.274. The van der Waals surface area contributed by atoms with Crippen molar-refractivity contribution in [2.45, 2.75) is 37.3 Å². The molecule has 21 heavy (non-hydrogen) atoms. The number of halogens is 1. The summed E-state index contributed by atoms with van der Waals surface area (Å²) in [5.74, 6) is 0.0117. The van der Waals surface area contributed by atoms with Crippen molar-refractivity contribution in [3.05, 3.63) is 35.6 Å². The fourth-order valence-electron chi connectivity index (χ4n) is 3.28. The molecule has 3 atom stereocenters. The molecule has 0 aromatic heterocycles. The van der Waals surface area contributed by atoms with E-state index in [2.05, 4.69) is 11.4 Å². The summed E-state index contributed by atoms with van der Waals surface area (Å²) in [6.45, 7) is 1.39. The lowest BCUT2D eigenvalue weighted by Crippen LogP contribution is -2.45. The van der Waals surface area contributed by atoms with Crippen molar-refractivity contribution in [2.75, 3.05) is 13.1 Å². The van der Waals surface area contributed by atoms with Crippen LogP contribution in [0.15, 0.2) is 24.3 Å². The Labute approximate surface area is 123 Å². The third-order valence-corrected chi connectivity index (χ3v) is 4.46. The fraction of sp³-hybridized carbons (Fsp3) is 0.500. The molecule has 2 aliphatic rings. The molecule has 0 spiro atoms. The summed E-state index contributed by atoms with van der Waals surface area (Å²) in [7, 11) is 0. The summed E-state index contributed by atoms with van der Waals surface area (Å²) in [5, 5.41) is 12.3. The second kappa shape index (κ2) is 5.82. The Bertz CT molecular complexity index is 566. The quantitative estimate of drug-likeness (QED) is 0.902. The molecule has 0 saturated carbocycles. The summed E-state index contributed by atoms with van der Waals surface area (Å²) in [6.07, 6.45) is 2.38. The normalized spacial score (nSPS) is 28.6. The smallest absolute Gasteiger partial charge is 0.240 e. The SMILES string of the molecule is N#C[C@@H]1CCCN1C(=O)[C@@H]1C[C@H](c2ccc(F)cc2)CN1. The molecule has 0 bridgehead atoms. The summed E-state index contributed by atoms with van der Waals surface area (Å²) in [6, 6.07) is 8.17. The molecule has 2 saturated heterocycles. The largest absolute Gasteiger partial charge is 0.325 e. The molecule has 2 fully saturated rings. The molecule has 1 aromatic rings. The van der Waals surface area contributed by atoms with Gasteiger partial charge in [0.1, 0.15) is 11.9 Å². The predicted molar refractivity (Wildman–Crippen MR) is 75.9 cm³/mol. The number of rotatable bonds is 2. The van der Waals surface area contributed by atoms with E-state index >= 15 is 0 Å². The van der Waals surface area contributed by atoms with E-state index in [1.165, 1.54) is 12.1 Å². The van der Waals surface area contributed by atoms with Crippen LogP contribution in [0.3, 0.4) is 0 Å². The Hall–Kier alpha value is -1.93. The van der Waals surface area contributed by atoms with E-state index in [1.54, 1.807) is 17.0 Å². The molecular weight excluding hydrogens is 269 g/mol. The lowest BCUT2D eigenvalue weighted by Gasteiger charge is -2.23. The van der Waals surface area contributed by atoms with Crippen molar-refractivity contribution in [3.8, 4) is 6.07 Å². The van der Waals surface area contributed by atoms with Gasteiger partial charge in [-0.15, -0.1) is 0 Å². The van der Waals surface area contributed by atoms with Gasteiger partial charge in [-0.05, 0) is 42.9 Å². The van der Waals surface area contributed by atoms with Crippen LogP contribution in [0.5, 0.6) is 0 Å². The zero-order valence-corrected chi connectivity index (χ0v) is 11.8. The molecule has 5 heteroatoms. The second-order valence-corrected chi connectivity index (χ2v) is 5.76. The first-order valence-corrected chi connectivity index (χ1v) is 7.38. The predicted octanol–water partition coefficient (Wildman–Crippen LogP) is 1.79. The molecule has 0 aliphatic carbocycles. The third kappa shape index (κ3) is 2.77. The molecule has 1 amide bonds. The number of hydrogen-bond acceptors (Lipinski definition) is 3. The molecule has 4 nitrogen and oxygen atoms in total. The Kier molecular flexibility index (Phi) is 3.89. The summed E-state index contributed by atoms with van der Waals surface area (Å²) < 4.78 is 13.0. The van der Waals surface area contributed by atoms with Gasteiger partial charge in [0.15, 0.2) is 0 Å². The van der Waals surface area contributed by atoms with Gasteiger partial charge < -0.3 is 10.2 Å². The van der Waals surface area contributed by atoms with E-state index < -0.39 is 0 Å². The van der Waals surface area contributed by atoms with Crippen LogP contribution in [0.2, 0.25) is 0 Å². The lowest BCUT2D eigenvalue weighted by molar-refractivity contribution is -0.133. The van der Waals surface area contributed by atoms with Gasteiger partial charge in [-0.3, -0.25) is 4.79 Å². The van der Waals surface area contributed by atoms with E-state index in [1.807, 2.05) is 0 Å². The number of benzene rings is 1. The van der Waals surface area contributed by atoms with Crippen molar-refractivity contribution in [3.63, 3.8) is 0 Å². The van der Waals surface area contributed by atoms with Crippen LogP contribution in [-0.2, 0) is 4.79 Å². The minimum Gasteiger partial charge on any atom is -0.325 e. The molecule has 0 unspecified atom stereocenters. The molecule has 1 aromatic carbocycles. The Morgan fingerprint density at radius 2 is 2.14 bits per heavy atom. The standard InChI is InChI=1S/C16H18FN3O/c17-13-5-3-11(4-6-13)12-8-15(19-10-12)16(21)20-7-1-2-14(20)9-18/h3-6,12,14-15,19H,1-2,7-8,10H2/t12-,14-,15-/m0/s1. The molecule has 2 aliphatic heterocycles. The number of carbonyl (C=O) groups excluding carboxylic acids is 1. The summed E-state index contributed by atoms with van der Waals surface area (Å²) in [5.41, 5.74) is 1.05. The van der Waals surface area contributed by atoms with E-state index in [0.29, 0.717) is 19.5 Å². The maximum absolute atomic E-state index is 13.0. The van der Waals surface area contributed by atoms with E-state index in [9.17, 15) is 9.18 Å². The zero-order chi connectivity index (χ0) is 14.8. The van der Waals surface area contributed by atoms with Crippen molar-refractivity contribution >= 4 is 5.91 Å². The monoisotopic (exact) mass is 287 g/mol. The highest BCUT2D eigenvalue weighted by Gasteiger charge is 2.37. The average molecular weight is 287 g/mol. The number of nitrogens with zero attached hydrogens (tertiary/aromatic N) is 2. The fourth-order valence-corrected chi connectivity index (χ4v) is 3.28. The maximum atomic E-state index is 13.0. The Morgan fingerprint density at radius 1 is 1.38 bits per heavy atom. The van der Waals surface area contributed by atoms with Gasteiger partial charge >= 0.3 is 0 Å². The van der Waals surface area contributed by atoms with Crippen LogP contribution in [0.1, 0.15) is 30.7 Å². The van der Waals surface area contributed by atoms with Crippen LogP contribution in [0, 0.1) is 17.1 Å². The molecule has 0 radical (unpaired) electrons. The molecule has 3 rings (SSSR count). The highest BCUT2D eigenvalue weighted by Crippen LogP contribution is 2.28. The lowest BCUT2D eigenvalue weighted by atomic mass is 9.96. The Morgan fingerprint density at radius 3 is 2.86 bits per heavy atom. The van der Waals surface area contributed by atoms with Gasteiger partial charge in [-0.25, -0.2) is 4.39 Å². The van der Waals surface area contributed by atoms with Crippen molar-refractivity contribution < 1.29 is 9.18 Å². The van der Waals surface area contributed by atoms with Gasteiger partial charge in [0.2, 0.25) is 5.91 Å². The number of nitrogens with one attached hydrogen (secondary N) is 1. The number of amides is 1. The van der Waals surface area contributed by atoms with Gasteiger partial charge in [-0.2, -0.15) is 5.26 Å². The summed E-state index contributed by atoms with van der Waals surface area (Å²) in [4.78, 5) is 14.2. The van der Waals surface area contributed by atoms with Gasteiger partial charge in [-0.1, -0.05) is 12.1 Å². The minimum absolute atomic E-state index is 0.0312. The number of likely N-dealkylation sites (tertiary alicyclic amines) is 1. The van der Waals surface area contributed by atoms with Crippen LogP contribution in [0.25, 0.3) is 0 Å². The average Bonchev–Trinajstić information content (AvgIpc) is 3.16. The van der Waals surface area contributed by atoms with Crippen LogP contribution < -0.4 is 5.32 Å². The zero-order valence-electron chi connectivity index (χ0n) is 11.8. The van der Waals surface area contributed by atoms with Gasteiger partial charge in [0.05, 0.1) is 12.1 Å². The first kappa shape index (κ1) is 14.0. The van der Waals surface area contributed by atoms with Crippen molar-refractivity contribution in [2.24, 2.45) is 0 Å². The van der Waals surface area contributed by atoms with Gasteiger partial charge in [0.25, 0.3) is 0 Å². The highest BCUT2D eigenvalue weighted by molar-refractivity contribution is 5.83. The van der Waals surface area contributed by atoms with Crippen molar-refractivity contribution in [1.82, 2.24) is 10.2 Å². The second-order valence-electron chi connectivity index (χ2n) is 5.76. The van der Waals surface area contributed by atoms with E-state index in [-0.39, 0.29) is 29.7 Å². The van der Waals surface area contributed by atoms with E-state index in [0.717, 1.165) is 18.4 Å². The highest BCUT2D eigenvalue weighted by atomic mass is 19.1. The number of nitriles is 1. The maximum Gasteiger partial charge on any atom is 0.240 e. The first-order valence-electron chi connectivity index (χ1n) is 7.38. The molecule has 2 heterocycles. The summed E-state index contributed by atoms with van der Waals surface area (Å²) >= 11 is 0. The van der Waals surface area contributed by atoms with Crippen molar-refractivity contribution in [1.29, 1.82) is 5.26 Å². The van der Waals surface area contributed by atoms with E-state index in [4.69, 9.17) is 5.26 Å². The molecule has 110 valence electrons. The van der Waals surface area contributed by atoms with Crippen LogP contribution >= 0.6 is 0 Å². The van der Waals surface area contributed by atoms with Crippen LogP contribution in [0.4, 0.5) is 4.39 Å². The first-order chi connectivity index (χ1) is 10.2. The van der Waals surface area contributed by atoms with Crippen LogP contribution in [-0.4, -0.2) is 36.0 Å². The molecular formula is C16H18FN3O.